The second kappa shape index (κ2) is 8.18. The van der Waals surface area contributed by atoms with Gasteiger partial charge in [-0.1, -0.05) is 13.3 Å². The summed E-state index contributed by atoms with van der Waals surface area (Å²) in [5.74, 6) is -1.91. The highest BCUT2D eigenvalue weighted by atomic mass is 32.2. The molecule has 0 fully saturated rings. The summed E-state index contributed by atoms with van der Waals surface area (Å²) < 4.78 is 24.9. The molecule has 0 aromatic carbocycles. The van der Waals surface area contributed by atoms with Gasteiger partial charge in [0.05, 0.1) is 0 Å². The number of nitrogens with zero attached hydrogens (tertiary/aromatic N) is 3. The van der Waals surface area contributed by atoms with Crippen molar-refractivity contribution in [3.05, 3.63) is 0 Å². The number of thioether (sulfide) groups is 1. The Hall–Kier alpha value is -1.18. The predicted octanol–water partition coefficient (Wildman–Crippen LogP) is 3.61. The van der Waals surface area contributed by atoms with Crippen LogP contribution in [0.25, 0.3) is 0 Å². The summed E-state index contributed by atoms with van der Waals surface area (Å²) >= 11 is 0.319. The smallest absolute Gasteiger partial charge is 0.291 e. The minimum Gasteiger partial charge on any atom is -0.352 e. The van der Waals surface area contributed by atoms with Crippen molar-refractivity contribution >= 4 is 23.7 Å². The molecule has 114 valence electrons. The van der Waals surface area contributed by atoms with Crippen molar-refractivity contribution in [3.63, 3.8) is 0 Å². The first-order chi connectivity index (χ1) is 9.40. The van der Waals surface area contributed by atoms with Gasteiger partial charge < -0.3 is 10.6 Å². The van der Waals surface area contributed by atoms with E-state index >= 15 is 0 Å². The molecular weight excluding hydrogens is 284 g/mol. The maximum atomic E-state index is 12.5. The fourth-order valence-electron chi connectivity index (χ4n) is 1.60. The molecule has 0 saturated carbocycles. The Balaban J connectivity index is 2.90. The number of hydrogen-bond donors (Lipinski definition) is 2. The van der Waals surface area contributed by atoms with E-state index in [1.165, 1.54) is 0 Å². The van der Waals surface area contributed by atoms with Crippen LogP contribution in [0.3, 0.4) is 0 Å². The quantitative estimate of drug-likeness (QED) is 0.715. The van der Waals surface area contributed by atoms with E-state index in [9.17, 15) is 8.78 Å². The standard InChI is InChI=1S/C12H21F2N5S/c1-5-6-8(4)16-11-17-10(15-7(2)3)18-12(19-11)20-9(13)14/h7-9H,5-6H2,1-4H3,(H2,15,16,17,18,19). The van der Waals surface area contributed by atoms with Crippen molar-refractivity contribution in [3.8, 4) is 0 Å². The van der Waals surface area contributed by atoms with Crippen molar-refractivity contribution in [1.82, 2.24) is 15.0 Å². The maximum absolute atomic E-state index is 12.5. The lowest BCUT2D eigenvalue weighted by Gasteiger charge is -2.15. The van der Waals surface area contributed by atoms with Crippen LogP contribution >= 0.6 is 11.8 Å². The molecule has 0 aliphatic carbocycles. The number of hydrogen-bond acceptors (Lipinski definition) is 6. The van der Waals surface area contributed by atoms with Crippen molar-refractivity contribution < 1.29 is 8.78 Å². The summed E-state index contributed by atoms with van der Waals surface area (Å²) in [5.41, 5.74) is 0. The number of aromatic nitrogens is 3. The van der Waals surface area contributed by atoms with E-state index in [1.54, 1.807) is 0 Å². The Morgan fingerprint density at radius 1 is 1.05 bits per heavy atom. The number of anilines is 2. The molecule has 1 heterocycles. The highest BCUT2D eigenvalue weighted by Gasteiger charge is 2.14. The average Bonchev–Trinajstić information content (AvgIpc) is 2.26. The van der Waals surface area contributed by atoms with E-state index in [0.717, 1.165) is 12.8 Å². The fourth-order valence-corrected chi connectivity index (χ4v) is 2.04. The van der Waals surface area contributed by atoms with E-state index in [1.807, 2.05) is 20.8 Å². The fraction of sp³-hybridized carbons (Fsp3) is 0.750. The minimum absolute atomic E-state index is 0.0179. The zero-order chi connectivity index (χ0) is 15.1. The highest BCUT2D eigenvalue weighted by Crippen LogP contribution is 2.23. The van der Waals surface area contributed by atoms with Crippen molar-refractivity contribution in [2.45, 2.75) is 63.5 Å². The van der Waals surface area contributed by atoms with Crippen LogP contribution in [0, 0.1) is 0 Å². The topological polar surface area (TPSA) is 62.7 Å². The Morgan fingerprint density at radius 3 is 2.15 bits per heavy atom. The molecule has 20 heavy (non-hydrogen) atoms. The lowest BCUT2D eigenvalue weighted by atomic mass is 10.2. The molecule has 0 aliphatic rings. The summed E-state index contributed by atoms with van der Waals surface area (Å²) in [6.07, 6.45) is 1.98. The molecule has 2 N–H and O–H groups in total. The van der Waals surface area contributed by atoms with Gasteiger partial charge in [-0.05, 0) is 39.0 Å². The van der Waals surface area contributed by atoms with E-state index in [-0.39, 0.29) is 17.2 Å². The minimum atomic E-state index is -2.55. The molecule has 0 radical (unpaired) electrons. The van der Waals surface area contributed by atoms with E-state index in [4.69, 9.17) is 0 Å². The van der Waals surface area contributed by atoms with Gasteiger partial charge in [0.1, 0.15) is 0 Å². The molecule has 0 saturated heterocycles. The van der Waals surface area contributed by atoms with E-state index in [2.05, 4.69) is 32.5 Å². The van der Waals surface area contributed by atoms with E-state index < -0.39 is 5.76 Å². The third kappa shape index (κ3) is 6.31. The molecule has 1 aromatic heterocycles. The molecule has 1 unspecified atom stereocenters. The lowest BCUT2D eigenvalue weighted by Crippen LogP contribution is -2.19. The maximum Gasteiger partial charge on any atom is 0.291 e. The van der Waals surface area contributed by atoms with Crippen molar-refractivity contribution in [2.24, 2.45) is 0 Å². The third-order valence-corrected chi connectivity index (χ3v) is 2.90. The number of rotatable bonds is 8. The van der Waals surface area contributed by atoms with Crippen LogP contribution in [0.1, 0.15) is 40.5 Å². The van der Waals surface area contributed by atoms with Crippen molar-refractivity contribution in [2.75, 3.05) is 10.6 Å². The molecular formula is C12H21F2N5S. The Morgan fingerprint density at radius 2 is 1.65 bits per heavy atom. The zero-order valence-electron chi connectivity index (χ0n) is 12.2. The van der Waals surface area contributed by atoms with Gasteiger partial charge in [-0.2, -0.15) is 23.7 Å². The molecule has 1 aromatic rings. The van der Waals surface area contributed by atoms with Crippen LogP contribution in [0.15, 0.2) is 5.16 Å². The Labute approximate surface area is 122 Å². The second-order valence-corrected chi connectivity index (χ2v) is 5.73. The second-order valence-electron chi connectivity index (χ2n) is 4.78. The Bertz CT molecular complexity index is 389. The summed E-state index contributed by atoms with van der Waals surface area (Å²) in [6.45, 7) is 7.94. The van der Waals surface area contributed by atoms with Crippen LogP contribution in [0.4, 0.5) is 20.7 Å². The molecule has 0 spiro atoms. The normalized spacial score (nSPS) is 12.8. The molecule has 0 amide bonds. The van der Waals surface area contributed by atoms with Gasteiger partial charge in [0, 0.05) is 12.1 Å². The highest BCUT2D eigenvalue weighted by molar-refractivity contribution is 7.99. The molecule has 5 nitrogen and oxygen atoms in total. The first-order valence-electron chi connectivity index (χ1n) is 6.64. The SMILES string of the molecule is CCCC(C)Nc1nc(NC(C)C)nc(SC(F)F)n1. The van der Waals surface area contributed by atoms with Gasteiger partial charge in [0.2, 0.25) is 11.9 Å². The average molecular weight is 305 g/mol. The summed E-state index contributed by atoms with van der Waals surface area (Å²) in [5, 5.41) is 6.13. The molecule has 0 bridgehead atoms. The predicted molar refractivity (Wildman–Crippen MR) is 78.4 cm³/mol. The van der Waals surface area contributed by atoms with Gasteiger partial charge in [0.15, 0.2) is 5.16 Å². The number of alkyl halides is 2. The van der Waals surface area contributed by atoms with Gasteiger partial charge >= 0.3 is 0 Å². The van der Waals surface area contributed by atoms with Crippen LogP contribution < -0.4 is 10.6 Å². The molecule has 1 rings (SSSR count). The largest absolute Gasteiger partial charge is 0.352 e. The Kier molecular flexibility index (Phi) is 6.90. The number of nitrogens with one attached hydrogen (secondary N) is 2. The van der Waals surface area contributed by atoms with Crippen LogP contribution in [0.2, 0.25) is 0 Å². The summed E-state index contributed by atoms with van der Waals surface area (Å²) in [4.78, 5) is 12.2. The first kappa shape index (κ1) is 16.9. The van der Waals surface area contributed by atoms with Crippen molar-refractivity contribution in [1.29, 1.82) is 0 Å². The number of halogens is 2. The van der Waals surface area contributed by atoms with Gasteiger partial charge in [0.25, 0.3) is 5.76 Å². The molecule has 8 heteroatoms. The van der Waals surface area contributed by atoms with Crippen LogP contribution in [-0.4, -0.2) is 32.8 Å². The lowest BCUT2D eigenvalue weighted by molar-refractivity contribution is 0.251. The summed E-state index contributed by atoms with van der Waals surface area (Å²) in [6, 6.07) is 0.293. The summed E-state index contributed by atoms with van der Waals surface area (Å²) in [7, 11) is 0. The van der Waals surface area contributed by atoms with E-state index in [0.29, 0.717) is 23.7 Å². The van der Waals surface area contributed by atoms with Crippen LogP contribution in [-0.2, 0) is 0 Å². The van der Waals surface area contributed by atoms with Gasteiger partial charge in [-0.25, -0.2) is 0 Å². The zero-order valence-corrected chi connectivity index (χ0v) is 13.0. The molecule has 1 atom stereocenters. The van der Waals surface area contributed by atoms with Crippen LogP contribution in [0.5, 0.6) is 0 Å². The van der Waals surface area contributed by atoms with Gasteiger partial charge in [-0.3, -0.25) is 0 Å². The first-order valence-corrected chi connectivity index (χ1v) is 7.52. The van der Waals surface area contributed by atoms with Gasteiger partial charge in [-0.15, -0.1) is 0 Å². The molecule has 0 aliphatic heterocycles. The third-order valence-electron chi connectivity index (χ3n) is 2.32. The monoisotopic (exact) mass is 305 g/mol.